The summed E-state index contributed by atoms with van der Waals surface area (Å²) >= 11 is 0. The summed E-state index contributed by atoms with van der Waals surface area (Å²) in [6.45, 7) is 0.202. The summed E-state index contributed by atoms with van der Waals surface area (Å²) in [4.78, 5) is 41.0. The van der Waals surface area contributed by atoms with Gasteiger partial charge in [-0.2, -0.15) is 0 Å². The predicted octanol–water partition coefficient (Wildman–Crippen LogP) is 0.964. The molecule has 132 valence electrons. The zero-order valence-corrected chi connectivity index (χ0v) is 13.7. The van der Waals surface area contributed by atoms with Crippen LogP contribution in [0.5, 0.6) is 5.75 Å². The largest absolute Gasteiger partial charge is 0.497 e. The van der Waals surface area contributed by atoms with Gasteiger partial charge in [-0.15, -0.1) is 0 Å². The Labute approximate surface area is 143 Å². The normalized spacial score (nSPS) is 10.3. The third-order valence-electron chi connectivity index (χ3n) is 3.41. The van der Waals surface area contributed by atoms with Gasteiger partial charge < -0.3 is 20.1 Å². The first kappa shape index (κ1) is 18.2. The Bertz CT molecular complexity index is 799. The van der Waals surface area contributed by atoms with Crippen molar-refractivity contribution in [3.8, 4) is 5.75 Å². The molecule has 1 heterocycles. The third-order valence-corrected chi connectivity index (χ3v) is 3.41. The van der Waals surface area contributed by atoms with E-state index in [1.807, 2.05) is 12.1 Å². The van der Waals surface area contributed by atoms with Crippen LogP contribution in [0.15, 0.2) is 35.1 Å². The highest BCUT2D eigenvalue weighted by Gasteiger charge is 2.10. The zero-order valence-electron chi connectivity index (χ0n) is 13.7. The molecule has 25 heavy (non-hydrogen) atoms. The fourth-order valence-electron chi connectivity index (χ4n) is 2.18. The highest BCUT2D eigenvalue weighted by atomic mass is 16.5. The van der Waals surface area contributed by atoms with Crippen LogP contribution >= 0.6 is 0 Å². The highest BCUT2D eigenvalue weighted by molar-refractivity contribution is 5.92. The number of amides is 1. The molecule has 0 aliphatic carbocycles. The summed E-state index contributed by atoms with van der Waals surface area (Å²) in [6.07, 6.45) is 0.633. The number of carboxylic acid groups (broad SMARTS) is 1. The minimum atomic E-state index is -0.926. The molecular weight excluding hydrogens is 326 g/mol. The molecule has 0 spiro atoms. The molecule has 2 aromatic rings. The smallest absolute Gasteiger partial charge is 0.303 e. The topological polar surface area (TPSA) is 121 Å². The second kappa shape index (κ2) is 8.62. The number of benzene rings is 1. The Morgan fingerprint density at radius 2 is 2.00 bits per heavy atom. The summed E-state index contributed by atoms with van der Waals surface area (Å²) in [7, 11) is 1.58. The predicted molar refractivity (Wildman–Crippen MR) is 89.9 cm³/mol. The van der Waals surface area contributed by atoms with Crippen LogP contribution < -0.4 is 15.6 Å². The molecule has 3 N–H and O–H groups in total. The van der Waals surface area contributed by atoms with Gasteiger partial charge in [-0.3, -0.25) is 14.4 Å². The molecule has 2 rings (SSSR count). The van der Waals surface area contributed by atoms with Crippen molar-refractivity contribution in [2.24, 2.45) is 0 Å². The van der Waals surface area contributed by atoms with Crippen molar-refractivity contribution in [3.63, 3.8) is 0 Å². The van der Waals surface area contributed by atoms with Gasteiger partial charge in [0.15, 0.2) is 0 Å². The minimum absolute atomic E-state index is 0.00240. The number of aromatic amines is 1. The van der Waals surface area contributed by atoms with E-state index in [0.717, 1.165) is 17.4 Å². The Morgan fingerprint density at radius 1 is 1.28 bits per heavy atom. The van der Waals surface area contributed by atoms with Crippen molar-refractivity contribution >= 4 is 11.9 Å². The second-order valence-electron chi connectivity index (χ2n) is 5.36. The molecule has 0 aliphatic heterocycles. The number of rotatable bonds is 8. The van der Waals surface area contributed by atoms with Gasteiger partial charge in [0.05, 0.1) is 7.11 Å². The molecule has 0 atom stereocenters. The van der Waals surface area contributed by atoms with Crippen LogP contribution in [0.1, 0.15) is 34.7 Å². The SMILES string of the molecule is COc1ccc(Cc2nc(C(=O)NCCCC(=O)O)cc(=O)[nH]2)cc1. The molecular formula is C17H19N3O5. The Kier molecular flexibility index (Phi) is 6.27. The molecule has 1 aromatic heterocycles. The summed E-state index contributed by atoms with van der Waals surface area (Å²) in [5.41, 5.74) is 0.486. The first-order valence-corrected chi connectivity index (χ1v) is 7.71. The maximum Gasteiger partial charge on any atom is 0.303 e. The number of carbonyl (C=O) groups excluding carboxylic acids is 1. The molecule has 0 unspecified atom stereocenters. The van der Waals surface area contributed by atoms with Crippen molar-refractivity contribution in [1.29, 1.82) is 0 Å². The van der Waals surface area contributed by atoms with E-state index in [1.165, 1.54) is 0 Å². The molecule has 1 amide bonds. The zero-order chi connectivity index (χ0) is 18.2. The lowest BCUT2D eigenvalue weighted by atomic mass is 10.1. The molecule has 8 nitrogen and oxygen atoms in total. The fourth-order valence-corrected chi connectivity index (χ4v) is 2.18. The number of ether oxygens (including phenoxy) is 1. The van der Waals surface area contributed by atoms with Gasteiger partial charge in [-0.05, 0) is 24.1 Å². The molecule has 0 bridgehead atoms. The van der Waals surface area contributed by atoms with Crippen LogP contribution in [-0.4, -0.2) is 40.6 Å². The number of aliphatic carboxylic acids is 1. The average Bonchev–Trinajstić information content (AvgIpc) is 2.58. The van der Waals surface area contributed by atoms with E-state index in [0.29, 0.717) is 18.7 Å². The lowest BCUT2D eigenvalue weighted by Gasteiger charge is -2.06. The lowest BCUT2D eigenvalue weighted by Crippen LogP contribution is -2.28. The van der Waals surface area contributed by atoms with Gasteiger partial charge >= 0.3 is 5.97 Å². The van der Waals surface area contributed by atoms with E-state index < -0.39 is 17.4 Å². The van der Waals surface area contributed by atoms with Crippen molar-refractivity contribution in [3.05, 3.63) is 57.8 Å². The molecule has 8 heteroatoms. The van der Waals surface area contributed by atoms with Crippen LogP contribution in [0.3, 0.4) is 0 Å². The van der Waals surface area contributed by atoms with Gasteiger partial charge in [0.2, 0.25) is 0 Å². The van der Waals surface area contributed by atoms with Crippen LogP contribution in [0.25, 0.3) is 0 Å². The number of hydrogen-bond donors (Lipinski definition) is 3. The van der Waals surface area contributed by atoms with Crippen LogP contribution in [0, 0.1) is 0 Å². The summed E-state index contributed by atoms with van der Waals surface area (Å²) in [5, 5.41) is 11.1. The van der Waals surface area contributed by atoms with Crippen LogP contribution in [-0.2, 0) is 11.2 Å². The summed E-state index contributed by atoms with van der Waals surface area (Å²) in [6, 6.07) is 8.40. The lowest BCUT2D eigenvalue weighted by molar-refractivity contribution is -0.137. The van der Waals surface area contributed by atoms with E-state index >= 15 is 0 Å². The molecule has 0 aliphatic rings. The van der Waals surface area contributed by atoms with E-state index in [-0.39, 0.29) is 18.7 Å². The van der Waals surface area contributed by atoms with Gasteiger partial charge in [0.1, 0.15) is 17.3 Å². The van der Waals surface area contributed by atoms with Gasteiger partial charge in [-0.25, -0.2) is 4.98 Å². The number of H-pyrrole nitrogens is 1. The second-order valence-corrected chi connectivity index (χ2v) is 5.36. The van der Waals surface area contributed by atoms with Gasteiger partial charge in [0.25, 0.3) is 11.5 Å². The van der Waals surface area contributed by atoms with Gasteiger partial charge in [-0.1, -0.05) is 12.1 Å². The number of carboxylic acids is 1. The van der Waals surface area contributed by atoms with E-state index in [2.05, 4.69) is 15.3 Å². The summed E-state index contributed by atoms with van der Waals surface area (Å²) < 4.78 is 5.09. The quantitative estimate of drug-likeness (QED) is 0.613. The fraction of sp³-hybridized carbons (Fsp3) is 0.294. The summed E-state index contributed by atoms with van der Waals surface area (Å²) in [5.74, 6) is -0.342. The minimum Gasteiger partial charge on any atom is -0.497 e. The first-order chi connectivity index (χ1) is 12.0. The van der Waals surface area contributed by atoms with Crippen LogP contribution in [0.4, 0.5) is 0 Å². The average molecular weight is 345 g/mol. The third kappa shape index (κ3) is 5.76. The van der Waals surface area contributed by atoms with Crippen molar-refractivity contribution in [2.45, 2.75) is 19.3 Å². The standard InChI is InChI=1S/C17H19N3O5/c1-25-12-6-4-11(5-7-12)9-14-19-13(10-15(21)20-14)17(24)18-8-2-3-16(22)23/h4-7,10H,2-3,8-9H2,1H3,(H,18,24)(H,22,23)(H,19,20,21). The van der Waals surface area contributed by atoms with E-state index in [4.69, 9.17) is 9.84 Å². The Balaban J connectivity index is 2.04. The molecule has 0 radical (unpaired) electrons. The number of nitrogens with one attached hydrogen (secondary N) is 2. The molecule has 0 fully saturated rings. The number of carbonyl (C=O) groups is 2. The molecule has 0 saturated carbocycles. The van der Waals surface area contributed by atoms with Crippen molar-refractivity contribution in [1.82, 2.24) is 15.3 Å². The van der Waals surface area contributed by atoms with E-state index in [1.54, 1.807) is 19.2 Å². The maximum atomic E-state index is 12.0. The number of aromatic nitrogens is 2. The molecule has 0 saturated heterocycles. The monoisotopic (exact) mass is 345 g/mol. The van der Waals surface area contributed by atoms with Crippen molar-refractivity contribution in [2.75, 3.05) is 13.7 Å². The number of methoxy groups -OCH3 is 1. The first-order valence-electron chi connectivity index (χ1n) is 7.71. The van der Waals surface area contributed by atoms with Crippen molar-refractivity contribution < 1.29 is 19.4 Å². The van der Waals surface area contributed by atoms with Gasteiger partial charge in [0, 0.05) is 25.5 Å². The highest BCUT2D eigenvalue weighted by Crippen LogP contribution is 2.13. The van der Waals surface area contributed by atoms with Crippen LogP contribution in [0.2, 0.25) is 0 Å². The number of hydrogen-bond acceptors (Lipinski definition) is 5. The Morgan fingerprint density at radius 3 is 2.64 bits per heavy atom. The maximum absolute atomic E-state index is 12.0. The van der Waals surface area contributed by atoms with E-state index in [9.17, 15) is 14.4 Å². The molecule has 1 aromatic carbocycles. The number of nitrogens with zero attached hydrogens (tertiary/aromatic N) is 1. The Hall–Kier alpha value is -3.16.